The largest absolute Gasteiger partial charge is 0.475 e. The number of carbonyl (C=O) groups is 2. The predicted octanol–water partition coefficient (Wildman–Crippen LogP) is 1.30. The van der Waals surface area contributed by atoms with Crippen molar-refractivity contribution in [1.29, 1.82) is 0 Å². The summed E-state index contributed by atoms with van der Waals surface area (Å²) in [5, 5.41) is 2.27. The van der Waals surface area contributed by atoms with Gasteiger partial charge in [0, 0.05) is 6.20 Å². The highest BCUT2D eigenvalue weighted by molar-refractivity contribution is 7.48. The first-order valence-corrected chi connectivity index (χ1v) is 10.8. The lowest BCUT2D eigenvalue weighted by Crippen LogP contribution is -2.57. The van der Waals surface area contributed by atoms with E-state index in [-0.39, 0.29) is 19.6 Å². The van der Waals surface area contributed by atoms with Gasteiger partial charge in [-0.2, -0.15) is 8.78 Å². The number of fused-ring (bicyclic) bond motifs is 1. The quantitative estimate of drug-likeness (QED) is 0.430. The fourth-order valence-corrected chi connectivity index (χ4v) is 4.49. The molecule has 3 N–H and O–H groups in total. The first-order valence-electron chi connectivity index (χ1n) is 9.37. The van der Waals surface area contributed by atoms with Crippen molar-refractivity contribution in [1.82, 2.24) is 10.2 Å². The summed E-state index contributed by atoms with van der Waals surface area (Å²) >= 11 is 0. The van der Waals surface area contributed by atoms with Gasteiger partial charge in [-0.1, -0.05) is 6.92 Å². The lowest BCUT2D eigenvalue weighted by Gasteiger charge is -2.33. The highest BCUT2D eigenvalue weighted by atomic mass is 31.2. The predicted molar refractivity (Wildman–Crippen MR) is 95.9 cm³/mol. The van der Waals surface area contributed by atoms with Crippen molar-refractivity contribution in [3.63, 3.8) is 0 Å². The van der Waals surface area contributed by atoms with E-state index >= 15 is 0 Å². The maximum atomic E-state index is 15.0. The third-order valence-corrected chi connectivity index (χ3v) is 6.16. The summed E-state index contributed by atoms with van der Waals surface area (Å²) in [5.74, 6) is -4.73. The SMILES string of the molecule is CCOC(=O)[C@H](C)CCOP1(=O)OC[C@H]2O[C@@H](N3C=CC(N)NC3=O)C(F)(F)[C@@H]2O1. The van der Waals surface area contributed by atoms with E-state index in [0.717, 1.165) is 6.20 Å². The van der Waals surface area contributed by atoms with Gasteiger partial charge in [0.05, 0.1) is 31.9 Å². The number of urea groups is 1. The topological polar surface area (TPSA) is 139 Å². The van der Waals surface area contributed by atoms with E-state index in [1.165, 1.54) is 6.08 Å². The fourth-order valence-electron chi connectivity index (χ4n) is 3.08. The minimum atomic E-state index is -4.33. The van der Waals surface area contributed by atoms with E-state index in [9.17, 15) is 22.9 Å². The van der Waals surface area contributed by atoms with Crippen molar-refractivity contribution < 1.29 is 46.0 Å². The maximum Gasteiger partial charge on any atom is 0.475 e. The second-order valence-corrected chi connectivity index (χ2v) is 8.59. The van der Waals surface area contributed by atoms with Crippen molar-refractivity contribution in [2.75, 3.05) is 19.8 Å². The summed E-state index contributed by atoms with van der Waals surface area (Å²) in [4.78, 5) is 24.2. The molecule has 3 heterocycles. The average Bonchev–Trinajstić information content (AvgIpc) is 2.92. The zero-order valence-electron chi connectivity index (χ0n) is 16.4. The molecule has 0 aromatic rings. The van der Waals surface area contributed by atoms with E-state index < -0.39 is 62.9 Å². The summed E-state index contributed by atoms with van der Waals surface area (Å²) in [6.45, 7) is 2.74. The first-order chi connectivity index (χ1) is 14.1. The van der Waals surface area contributed by atoms with Gasteiger partial charge in [-0.15, -0.1) is 0 Å². The number of rotatable bonds is 7. The molecule has 14 heteroatoms. The number of hydrogen-bond acceptors (Lipinski definition) is 9. The van der Waals surface area contributed by atoms with Crippen LogP contribution in [0.15, 0.2) is 12.3 Å². The average molecular weight is 455 g/mol. The van der Waals surface area contributed by atoms with Crippen molar-refractivity contribution >= 4 is 19.8 Å². The van der Waals surface area contributed by atoms with Crippen LogP contribution in [-0.2, 0) is 32.4 Å². The van der Waals surface area contributed by atoms with Crippen LogP contribution in [0.25, 0.3) is 0 Å². The van der Waals surface area contributed by atoms with Crippen molar-refractivity contribution in [2.24, 2.45) is 11.7 Å². The molecule has 0 saturated carbocycles. The zero-order valence-corrected chi connectivity index (χ0v) is 17.3. The van der Waals surface area contributed by atoms with Crippen molar-refractivity contribution in [3.05, 3.63) is 12.3 Å². The number of amides is 2. The normalized spacial score (nSPS) is 36.2. The Morgan fingerprint density at radius 3 is 2.93 bits per heavy atom. The highest BCUT2D eigenvalue weighted by Gasteiger charge is 2.66. The molecule has 3 rings (SSSR count). The molecule has 11 nitrogen and oxygen atoms in total. The minimum Gasteiger partial charge on any atom is -0.466 e. The zero-order chi connectivity index (χ0) is 22.1. The van der Waals surface area contributed by atoms with Crippen LogP contribution < -0.4 is 11.1 Å². The molecular weight excluding hydrogens is 431 g/mol. The number of carbonyl (C=O) groups excluding carboxylic acids is 2. The number of hydrogen-bond donors (Lipinski definition) is 2. The Labute approximate surface area is 171 Å². The number of phosphoric acid groups is 1. The molecule has 3 aliphatic heterocycles. The number of nitrogens with zero attached hydrogens (tertiary/aromatic N) is 1. The van der Waals surface area contributed by atoms with E-state index in [1.54, 1.807) is 13.8 Å². The first kappa shape index (κ1) is 23.0. The lowest BCUT2D eigenvalue weighted by atomic mass is 10.1. The van der Waals surface area contributed by atoms with Gasteiger partial charge in [-0.25, -0.2) is 9.36 Å². The molecule has 0 aliphatic carbocycles. The number of nitrogens with two attached hydrogens (primary N) is 1. The molecule has 0 aromatic heterocycles. The van der Waals surface area contributed by atoms with Gasteiger partial charge < -0.3 is 20.5 Å². The molecule has 0 aromatic carbocycles. The number of alkyl halides is 2. The fraction of sp³-hybridized carbons (Fsp3) is 0.750. The number of phosphoric ester groups is 1. The minimum absolute atomic E-state index is 0.123. The summed E-state index contributed by atoms with van der Waals surface area (Å²) in [5.41, 5.74) is 5.51. The monoisotopic (exact) mass is 455 g/mol. The van der Waals surface area contributed by atoms with Crippen LogP contribution in [0.2, 0.25) is 0 Å². The van der Waals surface area contributed by atoms with Gasteiger partial charge in [-0.05, 0) is 19.4 Å². The molecule has 3 aliphatic rings. The number of ether oxygens (including phenoxy) is 2. The van der Waals surface area contributed by atoms with Gasteiger partial charge in [0.15, 0.2) is 6.10 Å². The number of nitrogens with one attached hydrogen (secondary N) is 1. The van der Waals surface area contributed by atoms with E-state index in [1.807, 2.05) is 0 Å². The molecule has 2 saturated heterocycles. The van der Waals surface area contributed by atoms with Crippen LogP contribution in [0.5, 0.6) is 0 Å². The van der Waals surface area contributed by atoms with Gasteiger partial charge in [-0.3, -0.25) is 23.3 Å². The van der Waals surface area contributed by atoms with Gasteiger partial charge >= 0.3 is 25.7 Å². The second-order valence-electron chi connectivity index (χ2n) is 6.97. The van der Waals surface area contributed by atoms with E-state index in [2.05, 4.69) is 5.32 Å². The summed E-state index contributed by atoms with van der Waals surface area (Å²) in [6, 6.07) is -0.873. The van der Waals surface area contributed by atoms with Crippen molar-refractivity contribution in [3.8, 4) is 0 Å². The molecular formula is C16H24F2N3O8P. The summed E-state index contributed by atoms with van der Waals surface area (Å²) in [7, 11) is -4.33. The Kier molecular flexibility index (Phi) is 6.80. The second kappa shape index (κ2) is 8.85. The maximum absolute atomic E-state index is 15.0. The molecule has 30 heavy (non-hydrogen) atoms. The lowest BCUT2D eigenvalue weighted by molar-refractivity contribution is -0.148. The smallest absolute Gasteiger partial charge is 0.466 e. The molecule has 0 radical (unpaired) electrons. The molecule has 170 valence electrons. The van der Waals surface area contributed by atoms with E-state index in [4.69, 9.17) is 28.8 Å². The van der Waals surface area contributed by atoms with E-state index in [0.29, 0.717) is 4.90 Å². The molecule has 2 unspecified atom stereocenters. The highest BCUT2D eigenvalue weighted by Crippen LogP contribution is 2.58. The molecule has 6 atom stereocenters. The van der Waals surface area contributed by atoms with Crippen LogP contribution in [-0.4, -0.2) is 67.2 Å². The Balaban J connectivity index is 1.62. The van der Waals surface area contributed by atoms with Crippen LogP contribution in [0, 0.1) is 5.92 Å². The third kappa shape index (κ3) is 4.66. The number of halogens is 2. The summed E-state index contributed by atoms with van der Waals surface area (Å²) in [6.07, 6.45) is -3.52. The van der Waals surface area contributed by atoms with Gasteiger partial charge in [0.2, 0.25) is 6.23 Å². The molecule has 0 spiro atoms. The van der Waals surface area contributed by atoms with Gasteiger partial charge in [0.25, 0.3) is 0 Å². The van der Waals surface area contributed by atoms with Crippen LogP contribution in [0.3, 0.4) is 0 Å². The third-order valence-electron chi connectivity index (χ3n) is 4.71. The Hall–Kier alpha value is -1.63. The van der Waals surface area contributed by atoms with Crippen LogP contribution in [0.4, 0.5) is 13.6 Å². The Morgan fingerprint density at radius 1 is 1.53 bits per heavy atom. The molecule has 2 amide bonds. The molecule has 2 fully saturated rings. The molecule has 0 bridgehead atoms. The Bertz CT molecular complexity index is 754. The standard InChI is InChI=1S/C16H24F2N3O8P/c1-3-25-13(22)9(2)5-7-26-30(24)27-8-10-12(29-30)16(17,18)14(28-10)21-6-4-11(19)20-15(21)23/h4,6,9-12,14H,3,5,7-8,19H2,1-2H3,(H,20,23)/t9-,10-,11?,12-,14-,30?/m1/s1. The number of esters is 1. The van der Waals surface area contributed by atoms with Gasteiger partial charge in [0.1, 0.15) is 6.10 Å². The Morgan fingerprint density at radius 2 is 2.27 bits per heavy atom. The van der Waals surface area contributed by atoms with Crippen LogP contribution >= 0.6 is 7.82 Å². The van der Waals surface area contributed by atoms with Crippen molar-refractivity contribution in [2.45, 2.75) is 50.8 Å². The summed E-state index contributed by atoms with van der Waals surface area (Å²) < 4.78 is 67.7. The van der Waals surface area contributed by atoms with Crippen LogP contribution in [0.1, 0.15) is 20.3 Å².